The van der Waals surface area contributed by atoms with E-state index in [2.05, 4.69) is 10.2 Å². The van der Waals surface area contributed by atoms with Crippen molar-refractivity contribution < 1.29 is 14.7 Å². The largest absolute Gasteiger partial charge is 0.480 e. The standard InChI is InChI=1S/C20H21N5O3/c26-19(27)14-25-18(7-9-22-25)16-5-2-10-23(13-16)20(28)15-4-1-6-17(12-15)24-11-3-8-21-24/h1,3-4,6-9,11-12,16H,2,5,10,13-14H2,(H,26,27)/t16-/m0/s1. The third kappa shape index (κ3) is 3.66. The van der Waals surface area contributed by atoms with E-state index in [-0.39, 0.29) is 18.4 Å². The maximum Gasteiger partial charge on any atom is 0.325 e. The zero-order valence-electron chi connectivity index (χ0n) is 15.3. The molecule has 4 rings (SSSR count). The first-order valence-corrected chi connectivity index (χ1v) is 9.24. The molecule has 3 aromatic rings. The van der Waals surface area contributed by atoms with Crippen LogP contribution in [-0.2, 0) is 11.3 Å². The molecule has 8 heteroatoms. The van der Waals surface area contributed by atoms with Gasteiger partial charge in [-0.25, -0.2) is 4.68 Å². The summed E-state index contributed by atoms with van der Waals surface area (Å²) in [6.45, 7) is 1.07. The highest BCUT2D eigenvalue weighted by atomic mass is 16.4. The summed E-state index contributed by atoms with van der Waals surface area (Å²) in [5.41, 5.74) is 2.32. The van der Waals surface area contributed by atoms with Crippen LogP contribution in [0.15, 0.2) is 55.0 Å². The third-order valence-electron chi connectivity index (χ3n) is 5.02. The van der Waals surface area contributed by atoms with Crippen LogP contribution in [0.4, 0.5) is 0 Å². The van der Waals surface area contributed by atoms with Gasteiger partial charge in [-0.1, -0.05) is 6.07 Å². The number of likely N-dealkylation sites (tertiary alicyclic amines) is 1. The van der Waals surface area contributed by atoms with E-state index in [9.17, 15) is 9.59 Å². The topological polar surface area (TPSA) is 93.3 Å². The minimum atomic E-state index is -0.927. The quantitative estimate of drug-likeness (QED) is 0.733. The highest BCUT2D eigenvalue weighted by Crippen LogP contribution is 2.28. The van der Waals surface area contributed by atoms with E-state index in [4.69, 9.17) is 5.11 Å². The summed E-state index contributed by atoms with van der Waals surface area (Å²) in [5, 5.41) is 17.4. The molecular weight excluding hydrogens is 358 g/mol. The van der Waals surface area contributed by atoms with Crippen LogP contribution >= 0.6 is 0 Å². The molecule has 1 aromatic carbocycles. The summed E-state index contributed by atoms with van der Waals surface area (Å²) in [6.07, 6.45) is 6.93. The Morgan fingerprint density at radius 2 is 2.04 bits per heavy atom. The van der Waals surface area contributed by atoms with E-state index >= 15 is 0 Å². The second-order valence-corrected chi connectivity index (χ2v) is 6.90. The molecule has 28 heavy (non-hydrogen) atoms. The van der Waals surface area contributed by atoms with Crippen LogP contribution in [0.1, 0.15) is 34.8 Å². The van der Waals surface area contributed by atoms with Gasteiger partial charge in [-0.3, -0.25) is 14.3 Å². The molecule has 2 aromatic heterocycles. The van der Waals surface area contributed by atoms with E-state index in [0.29, 0.717) is 18.7 Å². The van der Waals surface area contributed by atoms with Crippen LogP contribution in [-0.4, -0.2) is 54.5 Å². The average Bonchev–Trinajstić information content (AvgIpc) is 3.39. The molecule has 0 radical (unpaired) electrons. The molecule has 0 aliphatic carbocycles. The normalized spacial score (nSPS) is 16.9. The second kappa shape index (κ2) is 7.67. The van der Waals surface area contributed by atoms with Crippen molar-refractivity contribution in [2.75, 3.05) is 13.1 Å². The molecular formula is C20H21N5O3. The Morgan fingerprint density at radius 3 is 2.82 bits per heavy atom. The van der Waals surface area contributed by atoms with Crippen LogP contribution in [0.3, 0.4) is 0 Å². The number of carboxylic acid groups (broad SMARTS) is 1. The molecule has 1 N–H and O–H groups in total. The van der Waals surface area contributed by atoms with E-state index < -0.39 is 5.97 Å². The third-order valence-corrected chi connectivity index (χ3v) is 5.02. The van der Waals surface area contributed by atoms with Crippen molar-refractivity contribution in [3.63, 3.8) is 0 Å². The number of rotatable bonds is 5. The number of nitrogens with zero attached hydrogens (tertiary/aromatic N) is 5. The van der Waals surface area contributed by atoms with Crippen LogP contribution in [0, 0.1) is 0 Å². The van der Waals surface area contributed by atoms with Crippen LogP contribution in [0.25, 0.3) is 5.69 Å². The van der Waals surface area contributed by atoms with Crippen LogP contribution in [0.2, 0.25) is 0 Å². The zero-order chi connectivity index (χ0) is 19.5. The summed E-state index contributed by atoms with van der Waals surface area (Å²) < 4.78 is 3.24. The Bertz CT molecular complexity index is 979. The lowest BCUT2D eigenvalue weighted by molar-refractivity contribution is -0.137. The monoisotopic (exact) mass is 379 g/mol. The van der Waals surface area contributed by atoms with Gasteiger partial charge in [0.05, 0.1) is 5.69 Å². The second-order valence-electron chi connectivity index (χ2n) is 6.90. The maximum absolute atomic E-state index is 13.1. The number of carbonyl (C=O) groups is 2. The fourth-order valence-corrected chi connectivity index (χ4v) is 3.74. The summed E-state index contributed by atoms with van der Waals surface area (Å²) in [7, 11) is 0. The lowest BCUT2D eigenvalue weighted by atomic mass is 9.94. The summed E-state index contributed by atoms with van der Waals surface area (Å²) in [6, 6.07) is 11.1. The van der Waals surface area contributed by atoms with Crippen molar-refractivity contribution in [3.8, 4) is 5.69 Å². The molecule has 1 amide bonds. The van der Waals surface area contributed by atoms with Crippen molar-refractivity contribution in [1.29, 1.82) is 0 Å². The predicted octanol–water partition coefficient (Wildman–Crippen LogP) is 2.17. The molecule has 1 aliphatic heterocycles. The Kier molecular flexibility index (Phi) is 4.92. The van der Waals surface area contributed by atoms with Crippen LogP contribution in [0.5, 0.6) is 0 Å². The molecule has 144 valence electrons. The average molecular weight is 379 g/mol. The number of piperidine rings is 1. The van der Waals surface area contributed by atoms with Gasteiger partial charge in [0.25, 0.3) is 5.91 Å². The van der Waals surface area contributed by atoms with Gasteiger partial charge in [0.1, 0.15) is 6.54 Å². The van der Waals surface area contributed by atoms with Gasteiger partial charge >= 0.3 is 5.97 Å². The first-order chi connectivity index (χ1) is 13.6. The summed E-state index contributed by atoms with van der Waals surface area (Å²) in [4.78, 5) is 26.0. The molecule has 1 aliphatic rings. The number of hydrogen-bond donors (Lipinski definition) is 1. The molecule has 1 atom stereocenters. The van der Waals surface area contributed by atoms with Gasteiger partial charge < -0.3 is 10.0 Å². The van der Waals surface area contributed by atoms with Gasteiger partial charge in [0.15, 0.2) is 0 Å². The molecule has 0 bridgehead atoms. The molecule has 1 saturated heterocycles. The van der Waals surface area contributed by atoms with E-state index in [0.717, 1.165) is 24.2 Å². The van der Waals surface area contributed by atoms with E-state index in [1.807, 2.05) is 47.5 Å². The first-order valence-electron chi connectivity index (χ1n) is 9.24. The SMILES string of the molecule is O=C(O)Cn1nccc1[C@H]1CCCN(C(=O)c2cccc(-n3cccn3)c2)C1. The Morgan fingerprint density at radius 1 is 1.14 bits per heavy atom. The smallest absolute Gasteiger partial charge is 0.325 e. The van der Waals surface area contributed by atoms with Crippen molar-refractivity contribution in [2.45, 2.75) is 25.3 Å². The lowest BCUT2D eigenvalue weighted by Crippen LogP contribution is -2.39. The molecule has 8 nitrogen and oxygen atoms in total. The van der Waals surface area contributed by atoms with Crippen molar-refractivity contribution in [3.05, 3.63) is 66.2 Å². The summed E-state index contributed by atoms with van der Waals surface area (Å²) >= 11 is 0. The molecule has 1 fully saturated rings. The predicted molar refractivity (Wildman–Crippen MR) is 101 cm³/mol. The minimum Gasteiger partial charge on any atom is -0.480 e. The number of hydrogen-bond acceptors (Lipinski definition) is 4. The van der Waals surface area contributed by atoms with Crippen molar-refractivity contribution in [1.82, 2.24) is 24.5 Å². The number of carbonyl (C=O) groups excluding carboxylic acids is 1. The minimum absolute atomic E-state index is 0.0250. The number of amides is 1. The number of carboxylic acids is 1. The Labute approximate surface area is 162 Å². The Balaban J connectivity index is 1.52. The zero-order valence-corrected chi connectivity index (χ0v) is 15.3. The molecule has 0 unspecified atom stereocenters. The van der Waals surface area contributed by atoms with E-state index in [1.165, 1.54) is 4.68 Å². The molecule has 0 saturated carbocycles. The fraction of sp³-hybridized carbons (Fsp3) is 0.300. The van der Waals surface area contributed by atoms with Gasteiger partial charge in [0, 0.05) is 48.9 Å². The molecule has 0 spiro atoms. The van der Waals surface area contributed by atoms with Gasteiger partial charge in [-0.05, 0) is 43.2 Å². The lowest BCUT2D eigenvalue weighted by Gasteiger charge is -2.33. The van der Waals surface area contributed by atoms with Crippen molar-refractivity contribution in [2.24, 2.45) is 0 Å². The van der Waals surface area contributed by atoms with E-state index in [1.54, 1.807) is 17.1 Å². The highest BCUT2D eigenvalue weighted by Gasteiger charge is 2.28. The summed E-state index contributed by atoms with van der Waals surface area (Å²) in [5.74, 6) is -0.874. The van der Waals surface area contributed by atoms with Gasteiger partial charge in [-0.15, -0.1) is 0 Å². The first kappa shape index (κ1) is 18.0. The number of aliphatic carboxylic acids is 1. The highest BCUT2D eigenvalue weighted by molar-refractivity contribution is 5.94. The number of benzene rings is 1. The maximum atomic E-state index is 13.1. The Hall–Kier alpha value is -3.42. The van der Waals surface area contributed by atoms with Crippen molar-refractivity contribution >= 4 is 11.9 Å². The molecule has 3 heterocycles. The van der Waals surface area contributed by atoms with Gasteiger partial charge in [0.2, 0.25) is 0 Å². The van der Waals surface area contributed by atoms with Gasteiger partial charge in [-0.2, -0.15) is 10.2 Å². The number of aromatic nitrogens is 4. The van der Waals surface area contributed by atoms with Crippen LogP contribution < -0.4 is 0 Å². The fourth-order valence-electron chi connectivity index (χ4n) is 3.74.